The molecule has 0 aliphatic carbocycles. The van der Waals surface area contributed by atoms with Crippen molar-refractivity contribution in [2.75, 3.05) is 0 Å². The molecule has 0 spiro atoms. The highest BCUT2D eigenvalue weighted by molar-refractivity contribution is 5.66. The fourth-order valence-corrected chi connectivity index (χ4v) is 0.989. The van der Waals surface area contributed by atoms with Crippen molar-refractivity contribution in [2.45, 2.75) is 32.8 Å². The Hall–Kier alpha value is -1.31. The van der Waals surface area contributed by atoms with Gasteiger partial charge in [-0.05, 0) is 19.9 Å². The summed E-state index contributed by atoms with van der Waals surface area (Å²) >= 11 is 0. The van der Waals surface area contributed by atoms with Gasteiger partial charge in [0.05, 0.1) is 0 Å². The molecule has 14 heavy (non-hydrogen) atoms. The van der Waals surface area contributed by atoms with Crippen molar-refractivity contribution in [3.63, 3.8) is 0 Å². The van der Waals surface area contributed by atoms with Gasteiger partial charge in [-0.25, -0.2) is 0 Å². The monoisotopic (exact) mass is 194 g/mol. The SMILES string of the molecule is C=CC(C)(CC=CC(=C)C)OC(C)=O. The van der Waals surface area contributed by atoms with Gasteiger partial charge in [0.25, 0.3) is 0 Å². The summed E-state index contributed by atoms with van der Waals surface area (Å²) in [5.74, 6) is -0.295. The van der Waals surface area contributed by atoms with Gasteiger partial charge in [-0.1, -0.05) is 30.9 Å². The zero-order valence-electron chi connectivity index (χ0n) is 9.17. The van der Waals surface area contributed by atoms with Gasteiger partial charge in [0.15, 0.2) is 0 Å². The molecule has 0 aromatic carbocycles. The third-order valence-corrected chi connectivity index (χ3v) is 1.73. The molecule has 0 saturated carbocycles. The van der Waals surface area contributed by atoms with E-state index in [4.69, 9.17) is 4.74 Å². The van der Waals surface area contributed by atoms with E-state index in [-0.39, 0.29) is 5.97 Å². The fraction of sp³-hybridized carbons (Fsp3) is 0.417. The minimum atomic E-state index is -0.613. The lowest BCUT2D eigenvalue weighted by Crippen LogP contribution is -2.27. The first-order valence-electron chi connectivity index (χ1n) is 4.55. The van der Waals surface area contributed by atoms with Crippen LogP contribution in [0.1, 0.15) is 27.2 Å². The summed E-state index contributed by atoms with van der Waals surface area (Å²) in [5, 5.41) is 0. The van der Waals surface area contributed by atoms with Gasteiger partial charge in [-0.3, -0.25) is 4.79 Å². The molecule has 0 bridgehead atoms. The zero-order chi connectivity index (χ0) is 11.2. The van der Waals surface area contributed by atoms with Crippen LogP contribution in [-0.2, 0) is 9.53 Å². The second-order valence-corrected chi connectivity index (χ2v) is 3.56. The first-order chi connectivity index (χ1) is 6.39. The molecule has 0 aliphatic rings. The summed E-state index contributed by atoms with van der Waals surface area (Å²) in [6, 6.07) is 0. The Bertz CT molecular complexity index is 263. The molecule has 78 valence electrons. The van der Waals surface area contributed by atoms with E-state index in [9.17, 15) is 4.79 Å². The number of esters is 1. The van der Waals surface area contributed by atoms with Crippen molar-refractivity contribution < 1.29 is 9.53 Å². The van der Waals surface area contributed by atoms with Crippen molar-refractivity contribution in [3.8, 4) is 0 Å². The molecule has 0 heterocycles. The van der Waals surface area contributed by atoms with Gasteiger partial charge in [0, 0.05) is 13.3 Å². The highest BCUT2D eigenvalue weighted by Crippen LogP contribution is 2.18. The molecule has 0 saturated heterocycles. The first kappa shape index (κ1) is 12.7. The van der Waals surface area contributed by atoms with Crippen LogP contribution in [0.15, 0.2) is 37.0 Å². The maximum atomic E-state index is 10.8. The van der Waals surface area contributed by atoms with Gasteiger partial charge in [-0.2, -0.15) is 0 Å². The van der Waals surface area contributed by atoms with Crippen molar-refractivity contribution in [3.05, 3.63) is 37.0 Å². The highest BCUT2D eigenvalue weighted by Gasteiger charge is 2.21. The van der Waals surface area contributed by atoms with Crippen molar-refractivity contribution in [2.24, 2.45) is 0 Å². The maximum absolute atomic E-state index is 10.8. The predicted octanol–water partition coefficient (Wildman–Crippen LogP) is 3.02. The van der Waals surface area contributed by atoms with Gasteiger partial charge in [-0.15, -0.1) is 0 Å². The summed E-state index contributed by atoms with van der Waals surface area (Å²) in [4.78, 5) is 10.8. The molecule has 0 N–H and O–H groups in total. The topological polar surface area (TPSA) is 26.3 Å². The van der Waals surface area contributed by atoms with Crippen LogP contribution in [0.3, 0.4) is 0 Å². The third-order valence-electron chi connectivity index (χ3n) is 1.73. The van der Waals surface area contributed by atoms with Gasteiger partial charge in [0.1, 0.15) is 5.60 Å². The van der Waals surface area contributed by atoms with E-state index in [2.05, 4.69) is 13.2 Å². The van der Waals surface area contributed by atoms with Crippen LogP contribution in [0.4, 0.5) is 0 Å². The Labute approximate surface area is 86.0 Å². The molecular formula is C12H18O2. The van der Waals surface area contributed by atoms with E-state index in [1.807, 2.05) is 26.0 Å². The van der Waals surface area contributed by atoms with Crippen LogP contribution >= 0.6 is 0 Å². The maximum Gasteiger partial charge on any atom is 0.303 e. The summed E-state index contributed by atoms with van der Waals surface area (Å²) < 4.78 is 5.13. The normalized spacial score (nSPS) is 14.8. The van der Waals surface area contributed by atoms with Gasteiger partial charge < -0.3 is 4.74 Å². The fourth-order valence-electron chi connectivity index (χ4n) is 0.989. The number of allylic oxidation sites excluding steroid dienone is 2. The minimum Gasteiger partial charge on any atom is -0.455 e. The Morgan fingerprint density at radius 1 is 1.50 bits per heavy atom. The lowest BCUT2D eigenvalue weighted by molar-refractivity contribution is -0.150. The smallest absolute Gasteiger partial charge is 0.303 e. The molecule has 0 aromatic heterocycles. The molecule has 0 rings (SSSR count). The van der Waals surface area contributed by atoms with Crippen molar-refractivity contribution in [1.82, 2.24) is 0 Å². The summed E-state index contributed by atoms with van der Waals surface area (Å²) in [5.41, 5.74) is 0.358. The molecule has 2 heteroatoms. The van der Waals surface area contributed by atoms with Gasteiger partial charge >= 0.3 is 5.97 Å². The lowest BCUT2D eigenvalue weighted by atomic mass is 10.0. The van der Waals surface area contributed by atoms with Crippen LogP contribution in [0.25, 0.3) is 0 Å². The molecule has 0 amide bonds. The number of hydrogen-bond donors (Lipinski definition) is 0. The summed E-state index contributed by atoms with van der Waals surface area (Å²) in [6.45, 7) is 12.5. The van der Waals surface area contributed by atoms with E-state index in [0.29, 0.717) is 6.42 Å². The minimum absolute atomic E-state index is 0.295. The van der Waals surface area contributed by atoms with E-state index >= 15 is 0 Å². The number of rotatable bonds is 5. The number of carbonyl (C=O) groups excluding carboxylic acids is 1. The Kier molecular flexibility index (Phi) is 4.92. The van der Waals surface area contributed by atoms with Crippen LogP contribution in [-0.4, -0.2) is 11.6 Å². The number of hydrogen-bond acceptors (Lipinski definition) is 2. The predicted molar refractivity (Wildman–Crippen MR) is 58.9 cm³/mol. The quantitative estimate of drug-likeness (QED) is 0.382. The molecule has 0 aromatic rings. The number of carbonyl (C=O) groups is 1. The van der Waals surface area contributed by atoms with Crippen LogP contribution < -0.4 is 0 Å². The largest absolute Gasteiger partial charge is 0.455 e. The van der Waals surface area contributed by atoms with Crippen molar-refractivity contribution in [1.29, 1.82) is 0 Å². The molecule has 0 fully saturated rings. The van der Waals surface area contributed by atoms with E-state index in [1.165, 1.54) is 6.92 Å². The van der Waals surface area contributed by atoms with Crippen LogP contribution in [0.2, 0.25) is 0 Å². The molecular weight excluding hydrogens is 176 g/mol. The average molecular weight is 194 g/mol. The first-order valence-corrected chi connectivity index (χ1v) is 4.55. The van der Waals surface area contributed by atoms with E-state index < -0.39 is 5.60 Å². The third kappa shape index (κ3) is 5.36. The van der Waals surface area contributed by atoms with E-state index in [0.717, 1.165) is 5.57 Å². The molecule has 0 aliphatic heterocycles. The molecule has 2 nitrogen and oxygen atoms in total. The summed E-state index contributed by atoms with van der Waals surface area (Å²) in [7, 11) is 0. The van der Waals surface area contributed by atoms with E-state index in [1.54, 1.807) is 6.08 Å². The second-order valence-electron chi connectivity index (χ2n) is 3.56. The molecule has 0 radical (unpaired) electrons. The second kappa shape index (κ2) is 5.43. The molecule has 1 atom stereocenters. The average Bonchev–Trinajstić information content (AvgIpc) is 2.02. The van der Waals surface area contributed by atoms with Crippen LogP contribution in [0, 0.1) is 0 Å². The Balaban J connectivity index is 4.32. The Morgan fingerprint density at radius 2 is 2.07 bits per heavy atom. The summed E-state index contributed by atoms with van der Waals surface area (Å²) in [6.07, 6.45) is 6.07. The van der Waals surface area contributed by atoms with Crippen LogP contribution in [0.5, 0.6) is 0 Å². The Morgan fingerprint density at radius 3 is 2.43 bits per heavy atom. The van der Waals surface area contributed by atoms with Gasteiger partial charge in [0.2, 0.25) is 0 Å². The standard InChI is InChI=1S/C12H18O2/c1-6-12(5,14-11(4)13)9-7-8-10(2)3/h6-8H,1-2,9H2,3-5H3. The highest BCUT2D eigenvalue weighted by atomic mass is 16.6. The lowest BCUT2D eigenvalue weighted by Gasteiger charge is -2.23. The zero-order valence-corrected chi connectivity index (χ0v) is 9.17. The number of ether oxygens (including phenoxy) is 1. The van der Waals surface area contributed by atoms with Crippen molar-refractivity contribution >= 4 is 5.97 Å². The molecule has 1 unspecified atom stereocenters.